The molecule has 1 aliphatic rings. The predicted octanol–water partition coefficient (Wildman–Crippen LogP) is 4.09. The molecule has 1 aliphatic carbocycles. The first-order chi connectivity index (χ1) is 10.6. The minimum Gasteiger partial charge on any atom is -0.339 e. The van der Waals surface area contributed by atoms with E-state index in [0.29, 0.717) is 22.8 Å². The summed E-state index contributed by atoms with van der Waals surface area (Å²) in [5.74, 6) is -0.291. The molecule has 1 heterocycles. The van der Waals surface area contributed by atoms with Gasteiger partial charge < -0.3 is 4.90 Å². The number of hydrogen-bond donors (Lipinski definition) is 0. The molecule has 1 aromatic carbocycles. The van der Waals surface area contributed by atoms with Crippen molar-refractivity contribution in [1.82, 2.24) is 9.88 Å². The lowest BCUT2D eigenvalue weighted by Crippen LogP contribution is -2.38. The second-order valence-electron chi connectivity index (χ2n) is 6.17. The third-order valence-electron chi connectivity index (χ3n) is 4.64. The highest BCUT2D eigenvalue weighted by Gasteiger charge is 2.24. The topological polar surface area (TPSA) is 33.2 Å². The smallest absolute Gasteiger partial charge is 0.255 e. The van der Waals surface area contributed by atoms with Crippen LogP contribution in [0.15, 0.2) is 24.3 Å². The highest BCUT2D eigenvalue weighted by Crippen LogP contribution is 2.24. The molecule has 0 aliphatic heterocycles. The molecule has 1 fully saturated rings. The molecule has 0 unspecified atom stereocenters. The zero-order valence-corrected chi connectivity index (χ0v) is 13.1. The third kappa shape index (κ3) is 2.82. The molecule has 1 aromatic heterocycles. The Kier molecular flexibility index (Phi) is 4.10. The molecule has 0 spiro atoms. The molecule has 3 rings (SSSR count). The summed E-state index contributed by atoms with van der Waals surface area (Å²) >= 11 is 0. The molecule has 0 saturated heterocycles. The van der Waals surface area contributed by atoms with Gasteiger partial charge in [0.25, 0.3) is 5.91 Å². The molecule has 0 N–H and O–H groups in total. The van der Waals surface area contributed by atoms with Gasteiger partial charge in [-0.1, -0.05) is 19.3 Å². The lowest BCUT2D eigenvalue weighted by molar-refractivity contribution is 0.0695. The Morgan fingerprint density at radius 1 is 1.23 bits per heavy atom. The van der Waals surface area contributed by atoms with E-state index in [1.807, 2.05) is 24.9 Å². The van der Waals surface area contributed by atoms with Gasteiger partial charge in [0.2, 0.25) is 0 Å². The number of carbonyl (C=O) groups is 1. The van der Waals surface area contributed by atoms with Gasteiger partial charge in [0.05, 0.1) is 16.8 Å². The number of aromatic nitrogens is 1. The van der Waals surface area contributed by atoms with Gasteiger partial charge in [0.1, 0.15) is 5.82 Å². The van der Waals surface area contributed by atoms with Crippen molar-refractivity contribution in [1.29, 1.82) is 0 Å². The van der Waals surface area contributed by atoms with Gasteiger partial charge in [0, 0.05) is 24.5 Å². The zero-order chi connectivity index (χ0) is 15.7. The van der Waals surface area contributed by atoms with E-state index in [1.165, 1.54) is 31.4 Å². The average Bonchev–Trinajstić information content (AvgIpc) is 2.53. The second-order valence-corrected chi connectivity index (χ2v) is 6.17. The summed E-state index contributed by atoms with van der Waals surface area (Å²) < 4.78 is 13.3. The Morgan fingerprint density at radius 3 is 2.68 bits per heavy atom. The number of carbonyl (C=O) groups excluding carboxylic acids is 1. The van der Waals surface area contributed by atoms with Crippen LogP contribution in [0.5, 0.6) is 0 Å². The highest BCUT2D eigenvalue weighted by atomic mass is 19.1. The number of benzene rings is 1. The first-order valence-corrected chi connectivity index (χ1v) is 7.90. The molecule has 1 saturated carbocycles. The van der Waals surface area contributed by atoms with Crippen molar-refractivity contribution in [3.63, 3.8) is 0 Å². The maximum absolute atomic E-state index is 13.3. The van der Waals surface area contributed by atoms with Crippen LogP contribution in [-0.4, -0.2) is 28.9 Å². The number of pyridine rings is 1. The summed E-state index contributed by atoms with van der Waals surface area (Å²) in [6.07, 6.45) is 5.80. The number of rotatable bonds is 2. The molecular weight excluding hydrogens is 279 g/mol. The number of fused-ring (bicyclic) bond motifs is 1. The molecule has 1 amide bonds. The Balaban J connectivity index is 1.92. The van der Waals surface area contributed by atoms with Crippen molar-refractivity contribution >= 4 is 16.8 Å². The summed E-state index contributed by atoms with van der Waals surface area (Å²) in [4.78, 5) is 19.0. The second kappa shape index (κ2) is 6.03. The van der Waals surface area contributed by atoms with Gasteiger partial charge in [0.15, 0.2) is 0 Å². The molecule has 116 valence electrons. The van der Waals surface area contributed by atoms with Gasteiger partial charge in [-0.05, 0) is 38.0 Å². The summed E-state index contributed by atoms with van der Waals surface area (Å²) in [5.41, 5.74) is 1.87. The maximum atomic E-state index is 13.3. The van der Waals surface area contributed by atoms with E-state index in [9.17, 15) is 9.18 Å². The van der Waals surface area contributed by atoms with Crippen molar-refractivity contribution < 1.29 is 9.18 Å². The van der Waals surface area contributed by atoms with Crippen molar-refractivity contribution in [2.45, 2.75) is 45.1 Å². The van der Waals surface area contributed by atoms with Crippen LogP contribution in [0.25, 0.3) is 10.9 Å². The van der Waals surface area contributed by atoms with E-state index in [1.54, 1.807) is 6.07 Å². The summed E-state index contributed by atoms with van der Waals surface area (Å²) in [6.45, 7) is 1.81. The Morgan fingerprint density at radius 2 is 1.95 bits per heavy atom. The van der Waals surface area contributed by atoms with Crippen molar-refractivity contribution in [2.75, 3.05) is 7.05 Å². The van der Waals surface area contributed by atoms with Gasteiger partial charge >= 0.3 is 0 Å². The number of halogens is 1. The fourth-order valence-electron chi connectivity index (χ4n) is 3.28. The number of amides is 1. The van der Waals surface area contributed by atoms with E-state index in [0.717, 1.165) is 18.2 Å². The van der Waals surface area contributed by atoms with Crippen LogP contribution in [0.4, 0.5) is 4.39 Å². The van der Waals surface area contributed by atoms with Crippen LogP contribution < -0.4 is 0 Å². The van der Waals surface area contributed by atoms with Crippen LogP contribution in [0.1, 0.15) is 48.2 Å². The van der Waals surface area contributed by atoms with E-state index in [2.05, 4.69) is 4.98 Å². The van der Waals surface area contributed by atoms with Crippen LogP contribution in [0.3, 0.4) is 0 Å². The molecule has 4 heteroatoms. The van der Waals surface area contributed by atoms with E-state index in [4.69, 9.17) is 0 Å². The molecule has 22 heavy (non-hydrogen) atoms. The Labute approximate surface area is 130 Å². The van der Waals surface area contributed by atoms with Gasteiger partial charge in [-0.3, -0.25) is 9.78 Å². The zero-order valence-electron chi connectivity index (χ0n) is 13.1. The lowest BCUT2D eigenvalue weighted by atomic mass is 9.94. The van der Waals surface area contributed by atoms with Crippen LogP contribution in [0, 0.1) is 12.7 Å². The highest BCUT2D eigenvalue weighted by molar-refractivity contribution is 5.98. The van der Waals surface area contributed by atoms with Gasteiger partial charge in [-0.15, -0.1) is 0 Å². The standard InChI is InChI=1S/C18H21FN2O/c1-12-16(10-13-8-9-14(19)11-17(13)20-12)18(22)21(2)15-6-4-3-5-7-15/h8-11,15H,3-7H2,1-2H3. The lowest BCUT2D eigenvalue weighted by Gasteiger charge is -2.31. The third-order valence-corrected chi connectivity index (χ3v) is 4.64. The van der Waals surface area contributed by atoms with Crippen molar-refractivity contribution in [3.05, 3.63) is 41.3 Å². The predicted molar refractivity (Wildman–Crippen MR) is 85.4 cm³/mol. The van der Waals surface area contributed by atoms with E-state index >= 15 is 0 Å². The van der Waals surface area contributed by atoms with Crippen LogP contribution in [0.2, 0.25) is 0 Å². The fraction of sp³-hybridized carbons (Fsp3) is 0.444. The Bertz CT molecular complexity index is 708. The normalized spacial score (nSPS) is 16.0. The number of hydrogen-bond acceptors (Lipinski definition) is 2. The molecular formula is C18H21FN2O. The SMILES string of the molecule is Cc1nc2cc(F)ccc2cc1C(=O)N(C)C1CCCCC1. The monoisotopic (exact) mass is 300 g/mol. The molecule has 2 aromatic rings. The molecule has 0 atom stereocenters. The summed E-state index contributed by atoms with van der Waals surface area (Å²) in [5, 5.41) is 0.799. The minimum atomic E-state index is -0.308. The van der Waals surface area contributed by atoms with E-state index < -0.39 is 0 Å². The van der Waals surface area contributed by atoms with E-state index in [-0.39, 0.29) is 11.7 Å². The maximum Gasteiger partial charge on any atom is 0.255 e. The van der Waals surface area contributed by atoms with Gasteiger partial charge in [-0.2, -0.15) is 0 Å². The largest absolute Gasteiger partial charge is 0.339 e. The molecule has 0 radical (unpaired) electrons. The van der Waals surface area contributed by atoms with Crippen molar-refractivity contribution in [3.8, 4) is 0 Å². The quantitative estimate of drug-likeness (QED) is 0.837. The van der Waals surface area contributed by atoms with Crippen molar-refractivity contribution in [2.24, 2.45) is 0 Å². The minimum absolute atomic E-state index is 0.0168. The van der Waals surface area contributed by atoms with Crippen LogP contribution in [-0.2, 0) is 0 Å². The first kappa shape index (κ1) is 14.9. The first-order valence-electron chi connectivity index (χ1n) is 7.90. The van der Waals surface area contributed by atoms with Crippen LogP contribution >= 0.6 is 0 Å². The molecule has 3 nitrogen and oxygen atoms in total. The summed E-state index contributed by atoms with van der Waals surface area (Å²) in [6, 6.07) is 6.64. The Hall–Kier alpha value is -1.97. The van der Waals surface area contributed by atoms with Gasteiger partial charge in [-0.25, -0.2) is 4.39 Å². The summed E-state index contributed by atoms with van der Waals surface area (Å²) in [7, 11) is 1.88. The fourth-order valence-corrected chi connectivity index (χ4v) is 3.28. The molecule has 0 bridgehead atoms. The number of nitrogens with zero attached hydrogens (tertiary/aromatic N) is 2. The average molecular weight is 300 g/mol. The number of aryl methyl sites for hydroxylation is 1.